The Morgan fingerprint density at radius 3 is 2.46 bits per heavy atom. The molecule has 1 saturated heterocycles. The molecule has 41 heavy (non-hydrogen) atoms. The fraction of sp³-hybridized carbons (Fsp3) is 0.364. The number of rotatable bonds is 9. The summed E-state index contributed by atoms with van der Waals surface area (Å²) >= 11 is 0. The standard InChI is InChI=1S/C33H39N5O3/c1-5-41-28-13-14-30-29(20-28)32(26-11-9-25(10-12-26)23(2)3)35-33(40)38(30)21-24-7-6-8-27(19-24)34-31(39)22-37-17-15-36(4)16-18-37/h6-14,19-20,23H,5,15-18,21-22H2,1-4H3,(H,34,39). The Hall–Kier alpha value is -4.01. The lowest BCUT2D eigenvalue weighted by molar-refractivity contribution is -0.117. The number of ether oxygens (including phenoxy) is 1. The van der Waals surface area contributed by atoms with Crippen LogP contribution >= 0.6 is 0 Å². The predicted molar refractivity (Wildman–Crippen MR) is 165 cm³/mol. The van der Waals surface area contributed by atoms with Crippen molar-refractivity contribution in [3.05, 3.63) is 88.3 Å². The molecule has 0 saturated carbocycles. The first-order valence-electron chi connectivity index (χ1n) is 14.4. The van der Waals surface area contributed by atoms with Crippen LogP contribution in [0.25, 0.3) is 22.2 Å². The number of amides is 1. The molecule has 8 heteroatoms. The largest absolute Gasteiger partial charge is 0.494 e. The zero-order chi connectivity index (χ0) is 28.9. The van der Waals surface area contributed by atoms with Crippen molar-refractivity contribution in [2.45, 2.75) is 33.2 Å². The lowest BCUT2D eigenvalue weighted by atomic mass is 9.99. The summed E-state index contributed by atoms with van der Waals surface area (Å²) < 4.78 is 7.48. The average Bonchev–Trinajstić information content (AvgIpc) is 2.96. The van der Waals surface area contributed by atoms with Crippen LogP contribution in [-0.2, 0) is 11.3 Å². The Labute approximate surface area is 241 Å². The molecule has 0 radical (unpaired) electrons. The van der Waals surface area contributed by atoms with Gasteiger partial charge in [-0.2, -0.15) is 4.98 Å². The van der Waals surface area contributed by atoms with Crippen molar-refractivity contribution >= 4 is 22.5 Å². The smallest absolute Gasteiger partial charge is 0.348 e. The van der Waals surface area contributed by atoms with Crippen LogP contribution in [-0.4, -0.2) is 71.6 Å². The summed E-state index contributed by atoms with van der Waals surface area (Å²) in [5.41, 5.74) is 4.83. The maximum atomic E-state index is 13.5. The van der Waals surface area contributed by atoms with Gasteiger partial charge in [-0.3, -0.25) is 14.3 Å². The monoisotopic (exact) mass is 553 g/mol. The van der Waals surface area contributed by atoms with Gasteiger partial charge in [-0.15, -0.1) is 0 Å². The molecule has 1 N–H and O–H groups in total. The first-order chi connectivity index (χ1) is 19.8. The van der Waals surface area contributed by atoms with Gasteiger partial charge in [0.2, 0.25) is 5.91 Å². The molecular weight excluding hydrogens is 514 g/mol. The van der Waals surface area contributed by atoms with Gasteiger partial charge in [0, 0.05) is 42.8 Å². The predicted octanol–water partition coefficient (Wildman–Crippen LogP) is 4.82. The van der Waals surface area contributed by atoms with E-state index in [1.165, 1.54) is 5.56 Å². The quantitative estimate of drug-likeness (QED) is 0.320. The lowest BCUT2D eigenvalue weighted by Gasteiger charge is -2.31. The van der Waals surface area contributed by atoms with Crippen LogP contribution in [0.15, 0.2) is 71.5 Å². The fourth-order valence-electron chi connectivity index (χ4n) is 5.25. The van der Waals surface area contributed by atoms with Gasteiger partial charge >= 0.3 is 5.69 Å². The molecule has 1 fully saturated rings. The molecule has 0 bridgehead atoms. The van der Waals surface area contributed by atoms with Crippen LogP contribution in [0.2, 0.25) is 0 Å². The Bertz CT molecular complexity index is 1570. The molecule has 1 aliphatic rings. The summed E-state index contributed by atoms with van der Waals surface area (Å²) in [6, 6.07) is 21.7. The van der Waals surface area contributed by atoms with Gasteiger partial charge in [0.15, 0.2) is 0 Å². The summed E-state index contributed by atoms with van der Waals surface area (Å²) in [6.07, 6.45) is 0. The van der Waals surface area contributed by atoms with E-state index in [9.17, 15) is 9.59 Å². The number of anilines is 1. The second-order valence-electron chi connectivity index (χ2n) is 11.0. The van der Waals surface area contributed by atoms with E-state index in [4.69, 9.17) is 4.74 Å². The van der Waals surface area contributed by atoms with Gasteiger partial charge in [0.05, 0.1) is 30.9 Å². The van der Waals surface area contributed by atoms with Crippen molar-refractivity contribution in [1.82, 2.24) is 19.4 Å². The molecule has 5 rings (SSSR count). The second kappa shape index (κ2) is 12.7. The van der Waals surface area contributed by atoms with E-state index in [2.05, 4.69) is 53.1 Å². The van der Waals surface area contributed by atoms with Crippen LogP contribution in [0.4, 0.5) is 5.69 Å². The number of hydrogen-bond donors (Lipinski definition) is 1. The molecule has 0 unspecified atom stereocenters. The highest BCUT2D eigenvalue weighted by molar-refractivity contribution is 5.94. The minimum absolute atomic E-state index is 0.0349. The highest BCUT2D eigenvalue weighted by atomic mass is 16.5. The van der Waals surface area contributed by atoms with Gasteiger partial charge < -0.3 is 15.0 Å². The Kier molecular flexibility index (Phi) is 8.81. The third kappa shape index (κ3) is 6.84. The number of carbonyl (C=O) groups excluding carboxylic acids is 1. The van der Waals surface area contributed by atoms with E-state index < -0.39 is 0 Å². The number of aromatic nitrogens is 2. The highest BCUT2D eigenvalue weighted by Crippen LogP contribution is 2.30. The zero-order valence-electron chi connectivity index (χ0n) is 24.4. The number of benzene rings is 3. The molecule has 3 aromatic carbocycles. The summed E-state index contributed by atoms with van der Waals surface area (Å²) in [5.74, 6) is 1.11. The van der Waals surface area contributed by atoms with Gasteiger partial charge in [0.1, 0.15) is 5.75 Å². The molecule has 0 spiro atoms. The normalized spacial score (nSPS) is 14.5. The van der Waals surface area contributed by atoms with E-state index >= 15 is 0 Å². The molecule has 2 heterocycles. The van der Waals surface area contributed by atoms with Crippen LogP contribution in [0.5, 0.6) is 5.75 Å². The first kappa shape index (κ1) is 28.5. The topological polar surface area (TPSA) is 79.7 Å². The fourth-order valence-corrected chi connectivity index (χ4v) is 5.25. The Morgan fingerprint density at radius 2 is 1.76 bits per heavy atom. The van der Waals surface area contributed by atoms with Gasteiger partial charge in [0.25, 0.3) is 0 Å². The molecule has 1 aromatic heterocycles. The second-order valence-corrected chi connectivity index (χ2v) is 11.0. The van der Waals surface area contributed by atoms with Crippen molar-refractivity contribution in [3.63, 3.8) is 0 Å². The Balaban J connectivity index is 1.43. The maximum absolute atomic E-state index is 13.5. The van der Waals surface area contributed by atoms with Gasteiger partial charge in [-0.1, -0.05) is 50.2 Å². The highest BCUT2D eigenvalue weighted by Gasteiger charge is 2.17. The number of nitrogens with one attached hydrogen (secondary N) is 1. The van der Waals surface area contributed by atoms with Gasteiger partial charge in [-0.05, 0) is 61.3 Å². The summed E-state index contributed by atoms with van der Waals surface area (Å²) in [6.45, 7) is 11.2. The molecule has 0 aliphatic carbocycles. The first-order valence-corrected chi connectivity index (χ1v) is 14.4. The molecular formula is C33H39N5O3. The minimum Gasteiger partial charge on any atom is -0.494 e. The number of carbonyl (C=O) groups is 1. The molecule has 8 nitrogen and oxygen atoms in total. The van der Waals surface area contributed by atoms with Crippen molar-refractivity contribution < 1.29 is 9.53 Å². The van der Waals surface area contributed by atoms with Crippen molar-refractivity contribution in [2.24, 2.45) is 0 Å². The summed E-state index contributed by atoms with van der Waals surface area (Å²) in [5, 5.41) is 3.88. The number of piperazine rings is 1. The van der Waals surface area contributed by atoms with E-state index in [0.717, 1.165) is 54.0 Å². The summed E-state index contributed by atoms with van der Waals surface area (Å²) in [7, 11) is 2.10. The lowest BCUT2D eigenvalue weighted by Crippen LogP contribution is -2.47. The van der Waals surface area contributed by atoms with E-state index in [0.29, 0.717) is 37.0 Å². The summed E-state index contributed by atoms with van der Waals surface area (Å²) in [4.78, 5) is 35.2. The third-order valence-electron chi connectivity index (χ3n) is 7.63. The van der Waals surface area contributed by atoms with E-state index in [1.54, 1.807) is 4.57 Å². The average molecular weight is 554 g/mol. The zero-order valence-corrected chi connectivity index (χ0v) is 24.4. The van der Waals surface area contributed by atoms with Crippen molar-refractivity contribution in [2.75, 3.05) is 51.7 Å². The maximum Gasteiger partial charge on any atom is 0.348 e. The van der Waals surface area contributed by atoms with Crippen LogP contribution in [0.1, 0.15) is 37.8 Å². The van der Waals surface area contributed by atoms with Crippen LogP contribution < -0.4 is 15.7 Å². The van der Waals surface area contributed by atoms with Gasteiger partial charge in [-0.25, -0.2) is 4.79 Å². The number of hydrogen-bond acceptors (Lipinski definition) is 6. The van der Waals surface area contributed by atoms with Crippen LogP contribution in [0, 0.1) is 0 Å². The minimum atomic E-state index is -0.325. The number of fused-ring (bicyclic) bond motifs is 1. The van der Waals surface area contributed by atoms with E-state index in [-0.39, 0.29) is 11.6 Å². The number of likely N-dealkylation sites (N-methyl/N-ethyl adjacent to an activating group) is 1. The molecule has 1 aliphatic heterocycles. The molecule has 1 amide bonds. The SMILES string of the molecule is CCOc1ccc2c(c1)c(-c1ccc(C(C)C)cc1)nc(=O)n2Cc1cccc(NC(=O)CN2CCN(C)CC2)c1. The van der Waals surface area contributed by atoms with E-state index in [1.807, 2.05) is 61.5 Å². The molecule has 0 atom stereocenters. The van der Waals surface area contributed by atoms with Crippen molar-refractivity contribution in [1.29, 1.82) is 0 Å². The third-order valence-corrected chi connectivity index (χ3v) is 7.63. The Morgan fingerprint density at radius 1 is 1.00 bits per heavy atom. The molecule has 4 aromatic rings. The van der Waals surface area contributed by atoms with Crippen molar-refractivity contribution in [3.8, 4) is 17.0 Å². The number of nitrogens with zero attached hydrogens (tertiary/aromatic N) is 4. The van der Waals surface area contributed by atoms with Crippen LogP contribution in [0.3, 0.4) is 0 Å². The molecule has 214 valence electrons.